The number of halogens is 1. The molecule has 2 amide bonds. The molecule has 1 aromatic carbocycles. The molecule has 0 aliphatic heterocycles. The minimum atomic E-state index is -1.10. The number of aryl methyl sites for hydroxylation is 2. The lowest BCUT2D eigenvalue weighted by Gasteiger charge is -2.16. The molecule has 3 N–H and O–H groups in total. The normalized spacial score (nSPS) is 13.4. The van der Waals surface area contributed by atoms with Crippen molar-refractivity contribution in [3.63, 3.8) is 0 Å². The number of urea groups is 1. The van der Waals surface area contributed by atoms with Gasteiger partial charge in [0.25, 0.3) is 0 Å². The van der Waals surface area contributed by atoms with E-state index in [1.807, 2.05) is 26.8 Å². The summed E-state index contributed by atoms with van der Waals surface area (Å²) in [6.07, 6.45) is -1.10. The Bertz CT molecular complexity index is 684. The fourth-order valence-corrected chi connectivity index (χ4v) is 2.45. The van der Waals surface area contributed by atoms with Crippen LogP contribution in [0.5, 0.6) is 0 Å². The van der Waals surface area contributed by atoms with Gasteiger partial charge in [0.1, 0.15) is 17.3 Å². The van der Waals surface area contributed by atoms with E-state index in [9.17, 15) is 14.3 Å². The standard InChI is InChI=1S/C17H21FN2O3/c1-10-8-14(12(3)23-10)11(2)20-17(22)19-9-16(21)13-6-4-5-7-15(13)18/h4-8,11,16,21H,9H2,1-3H3,(H2,19,20,22). The maximum Gasteiger partial charge on any atom is 0.315 e. The van der Waals surface area contributed by atoms with Gasteiger partial charge in [-0.2, -0.15) is 0 Å². The Kier molecular flexibility index (Phi) is 5.39. The highest BCUT2D eigenvalue weighted by molar-refractivity contribution is 5.74. The third kappa shape index (κ3) is 4.32. The predicted octanol–water partition coefficient (Wildman–Crippen LogP) is 3.13. The van der Waals surface area contributed by atoms with Gasteiger partial charge in [0, 0.05) is 17.7 Å². The van der Waals surface area contributed by atoms with Crippen LogP contribution in [0.25, 0.3) is 0 Å². The molecule has 2 rings (SSSR count). The lowest BCUT2D eigenvalue weighted by Crippen LogP contribution is -2.39. The summed E-state index contributed by atoms with van der Waals surface area (Å²) < 4.78 is 19.0. The third-order valence-corrected chi connectivity index (χ3v) is 3.61. The van der Waals surface area contributed by atoms with Crippen LogP contribution in [0.3, 0.4) is 0 Å². The summed E-state index contributed by atoms with van der Waals surface area (Å²) in [4.78, 5) is 11.9. The van der Waals surface area contributed by atoms with Crippen LogP contribution in [0.4, 0.5) is 9.18 Å². The Morgan fingerprint density at radius 1 is 1.30 bits per heavy atom. The number of rotatable bonds is 5. The number of nitrogens with one attached hydrogen (secondary N) is 2. The van der Waals surface area contributed by atoms with Gasteiger partial charge >= 0.3 is 6.03 Å². The van der Waals surface area contributed by atoms with Gasteiger partial charge in [0.2, 0.25) is 0 Å². The fourth-order valence-electron chi connectivity index (χ4n) is 2.45. The lowest BCUT2D eigenvalue weighted by atomic mass is 10.1. The zero-order valence-electron chi connectivity index (χ0n) is 13.4. The van der Waals surface area contributed by atoms with Crippen LogP contribution in [0.15, 0.2) is 34.7 Å². The monoisotopic (exact) mass is 320 g/mol. The number of carbonyl (C=O) groups excluding carboxylic acids is 1. The Balaban J connectivity index is 1.88. The van der Waals surface area contributed by atoms with Crippen LogP contribution in [-0.2, 0) is 0 Å². The van der Waals surface area contributed by atoms with Gasteiger partial charge in [-0.1, -0.05) is 18.2 Å². The van der Waals surface area contributed by atoms with Crippen molar-refractivity contribution < 1.29 is 18.7 Å². The summed E-state index contributed by atoms with van der Waals surface area (Å²) in [5.74, 6) is 1.03. The molecule has 5 nitrogen and oxygen atoms in total. The molecule has 124 valence electrons. The molecule has 0 spiro atoms. The van der Waals surface area contributed by atoms with Crippen molar-refractivity contribution in [1.29, 1.82) is 0 Å². The van der Waals surface area contributed by atoms with Crippen molar-refractivity contribution in [2.45, 2.75) is 32.9 Å². The second-order valence-electron chi connectivity index (χ2n) is 5.48. The summed E-state index contributed by atoms with van der Waals surface area (Å²) in [5.41, 5.74) is 1.05. The number of benzene rings is 1. The van der Waals surface area contributed by atoms with Gasteiger partial charge in [0.15, 0.2) is 0 Å². The van der Waals surface area contributed by atoms with E-state index >= 15 is 0 Å². The lowest BCUT2D eigenvalue weighted by molar-refractivity contribution is 0.168. The van der Waals surface area contributed by atoms with Crippen molar-refractivity contribution in [2.75, 3.05) is 6.54 Å². The average Bonchev–Trinajstić information content (AvgIpc) is 2.84. The Morgan fingerprint density at radius 3 is 2.61 bits per heavy atom. The highest BCUT2D eigenvalue weighted by Gasteiger charge is 2.17. The number of hydrogen-bond donors (Lipinski definition) is 3. The first-order valence-corrected chi connectivity index (χ1v) is 7.42. The number of amides is 2. The molecule has 2 unspecified atom stereocenters. The molecule has 0 aliphatic rings. The highest BCUT2D eigenvalue weighted by Crippen LogP contribution is 2.21. The summed E-state index contributed by atoms with van der Waals surface area (Å²) in [6.45, 7) is 5.43. The molecule has 0 aliphatic carbocycles. The first kappa shape index (κ1) is 17.0. The Hall–Kier alpha value is -2.34. The zero-order chi connectivity index (χ0) is 17.0. The van der Waals surface area contributed by atoms with Crippen LogP contribution in [0, 0.1) is 19.7 Å². The molecule has 6 heteroatoms. The van der Waals surface area contributed by atoms with E-state index < -0.39 is 18.0 Å². The molecule has 1 aromatic heterocycles. The molecule has 0 bridgehead atoms. The van der Waals surface area contributed by atoms with Gasteiger partial charge in [-0.25, -0.2) is 9.18 Å². The van der Waals surface area contributed by atoms with Gasteiger partial charge in [-0.05, 0) is 32.9 Å². The fraction of sp³-hybridized carbons (Fsp3) is 0.353. The largest absolute Gasteiger partial charge is 0.466 e. The Labute approximate surface area is 134 Å². The molecule has 0 fully saturated rings. The minimum absolute atomic E-state index is 0.0805. The van der Waals surface area contributed by atoms with Crippen molar-refractivity contribution in [1.82, 2.24) is 10.6 Å². The zero-order valence-corrected chi connectivity index (χ0v) is 13.4. The van der Waals surface area contributed by atoms with Crippen LogP contribution < -0.4 is 10.6 Å². The summed E-state index contributed by atoms with van der Waals surface area (Å²) in [5, 5.41) is 15.2. The number of aliphatic hydroxyl groups excluding tert-OH is 1. The minimum Gasteiger partial charge on any atom is -0.466 e. The van der Waals surface area contributed by atoms with Crippen LogP contribution in [0.1, 0.15) is 41.7 Å². The second kappa shape index (κ2) is 7.28. The topological polar surface area (TPSA) is 74.5 Å². The molecule has 0 saturated heterocycles. The summed E-state index contributed by atoms with van der Waals surface area (Å²) in [6, 6.07) is 7.12. The number of furan rings is 1. The highest BCUT2D eigenvalue weighted by atomic mass is 19.1. The van der Waals surface area contributed by atoms with Crippen molar-refractivity contribution in [3.8, 4) is 0 Å². The van der Waals surface area contributed by atoms with E-state index in [0.29, 0.717) is 0 Å². The van der Waals surface area contributed by atoms with Crippen molar-refractivity contribution in [2.24, 2.45) is 0 Å². The molecule has 0 saturated carbocycles. The summed E-state index contributed by atoms with van der Waals surface area (Å²) >= 11 is 0. The maximum atomic E-state index is 13.5. The SMILES string of the molecule is Cc1cc(C(C)NC(=O)NCC(O)c2ccccc2F)c(C)o1. The van der Waals surface area contributed by atoms with Crippen LogP contribution in [0.2, 0.25) is 0 Å². The van der Waals surface area contributed by atoms with E-state index in [1.165, 1.54) is 12.1 Å². The predicted molar refractivity (Wildman–Crippen MR) is 84.5 cm³/mol. The van der Waals surface area contributed by atoms with E-state index in [4.69, 9.17) is 4.42 Å². The molecule has 0 radical (unpaired) electrons. The van der Waals surface area contributed by atoms with Crippen molar-refractivity contribution >= 4 is 6.03 Å². The molecule has 1 heterocycles. The first-order valence-electron chi connectivity index (χ1n) is 7.42. The second-order valence-corrected chi connectivity index (χ2v) is 5.48. The third-order valence-electron chi connectivity index (χ3n) is 3.61. The van der Waals surface area contributed by atoms with Crippen LogP contribution in [-0.4, -0.2) is 17.7 Å². The maximum absolute atomic E-state index is 13.5. The van der Waals surface area contributed by atoms with Gasteiger partial charge in [-0.3, -0.25) is 0 Å². The quantitative estimate of drug-likeness (QED) is 0.792. The number of aliphatic hydroxyl groups is 1. The van der Waals surface area contributed by atoms with Gasteiger partial charge < -0.3 is 20.2 Å². The van der Waals surface area contributed by atoms with Crippen molar-refractivity contribution in [3.05, 3.63) is 58.8 Å². The first-order chi connectivity index (χ1) is 10.9. The van der Waals surface area contributed by atoms with E-state index in [-0.39, 0.29) is 18.2 Å². The van der Waals surface area contributed by atoms with Gasteiger partial charge in [0.05, 0.1) is 12.1 Å². The van der Waals surface area contributed by atoms with Gasteiger partial charge in [-0.15, -0.1) is 0 Å². The molecule has 2 atom stereocenters. The molecular weight excluding hydrogens is 299 g/mol. The van der Waals surface area contributed by atoms with E-state index in [1.54, 1.807) is 12.1 Å². The average molecular weight is 320 g/mol. The number of carbonyl (C=O) groups is 1. The smallest absolute Gasteiger partial charge is 0.315 e. The molecule has 23 heavy (non-hydrogen) atoms. The number of hydrogen-bond acceptors (Lipinski definition) is 3. The summed E-state index contributed by atoms with van der Waals surface area (Å²) in [7, 11) is 0. The van der Waals surface area contributed by atoms with Crippen LogP contribution >= 0.6 is 0 Å². The Morgan fingerprint density at radius 2 is 2.00 bits per heavy atom. The molecule has 2 aromatic rings. The van der Waals surface area contributed by atoms with E-state index in [0.717, 1.165) is 17.1 Å². The van der Waals surface area contributed by atoms with E-state index in [2.05, 4.69) is 10.6 Å². The molecular formula is C17H21FN2O3.